The topological polar surface area (TPSA) is 59.3 Å². The van der Waals surface area contributed by atoms with Gasteiger partial charge in [0, 0.05) is 12.6 Å². The average Bonchev–Trinajstić information content (AvgIpc) is 2.60. The van der Waals surface area contributed by atoms with Gasteiger partial charge in [-0.05, 0) is 24.6 Å². The Labute approximate surface area is 142 Å². The van der Waals surface area contributed by atoms with Crippen LogP contribution in [0.15, 0.2) is 45.8 Å². The zero-order valence-corrected chi connectivity index (χ0v) is 14.2. The predicted molar refractivity (Wildman–Crippen MR) is 97.9 cm³/mol. The summed E-state index contributed by atoms with van der Waals surface area (Å²) in [6, 6.07) is 7.07. The summed E-state index contributed by atoms with van der Waals surface area (Å²) < 4.78 is 5.42. The van der Waals surface area contributed by atoms with Gasteiger partial charge in [-0.1, -0.05) is 51.2 Å². The lowest BCUT2D eigenvalue weighted by atomic mass is 10.1. The van der Waals surface area contributed by atoms with E-state index in [9.17, 15) is 9.59 Å². The number of unbranched alkanes of at least 4 members (excludes halogenated alkanes) is 5. The fraction of sp³-hybridized carbons (Fsp3) is 0.400. The molecular formula is C20H25NO3. The lowest BCUT2D eigenvalue weighted by Gasteiger charge is -2.02. The fourth-order valence-corrected chi connectivity index (χ4v) is 2.55. The van der Waals surface area contributed by atoms with E-state index in [-0.39, 0.29) is 11.3 Å². The van der Waals surface area contributed by atoms with E-state index in [1.165, 1.54) is 44.1 Å². The van der Waals surface area contributed by atoms with Crippen LogP contribution in [-0.2, 0) is 4.79 Å². The van der Waals surface area contributed by atoms with Gasteiger partial charge in [0.2, 0.25) is 5.91 Å². The van der Waals surface area contributed by atoms with Crippen LogP contribution in [0.2, 0.25) is 0 Å². The Morgan fingerprint density at radius 3 is 2.71 bits per heavy atom. The van der Waals surface area contributed by atoms with Crippen molar-refractivity contribution in [2.75, 3.05) is 6.54 Å². The normalized spacial score (nSPS) is 11.2. The zero-order valence-electron chi connectivity index (χ0n) is 14.2. The summed E-state index contributed by atoms with van der Waals surface area (Å²) in [6.07, 6.45) is 11.4. The molecular weight excluding hydrogens is 302 g/mol. The van der Waals surface area contributed by atoms with Gasteiger partial charge < -0.3 is 9.73 Å². The van der Waals surface area contributed by atoms with E-state index < -0.39 is 0 Å². The lowest BCUT2D eigenvalue weighted by Crippen LogP contribution is -2.22. The Balaban J connectivity index is 1.82. The Bertz CT molecular complexity index is 746. The van der Waals surface area contributed by atoms with Gasteiger partial charge in [0.25, 0.3) is 0 Å². The van der Waals surface area contributed by atoms with Gasteiger partial charge >= 0.3 is 0 Å². The minimum atomic E-state index is -0.184. The second-order valence-corrected chi connectivity index (χ2v) is 5.91. The van der Waals surface area contributed by atoms with Gasteiger partial charge in [-0.2, -0.15) is 0 Å². The fourth-order valence-electron chi connectivity index (χ4n) is 2.55. The first kappa shape index (κ1) is 18.0. The first-order valence-electron chi connectivity index (χ1n) is 8.69. The number of hydrogen-bond donors (Lipinski definition) is 1. The van der Waals surface area contributed by atoms with E-state index in [0.29, 0.717) is 23.1 Å². The van der Waals surface area contributed by atoms with Crippen LogP contribution < -0.4 is 10.7 Å². The van der Waals surface area contributed by atoms with Gasteiger partial charge in [0.05, 0.1) is 10.9 Å². The van der Waals surface area contributed by atoms with Crippen molar-refractivity contribution < 1.29 is 9.21 Å². The van der Waals surface area contributed by atoms with Crippen molar-refractivity contribution in [3.8, 4) is 0 Å². The van der Waals surface area contributed by atoms with Crippen LogP contribution in [0.1, 0.15) is 51.0 Å². The number of hydrogen-bond acceptors (Lipinski definition) is 3. The second kappa shape index (κ2) is 9.71. The van der Waals surface area contributed by atoms with Crippen molar-refractivity contribution in [2.45, 2.75) is 45.4 Å². The van der Waals surface area contributed by atoms with Gasteiger partial charge in [-0.3, -0.25) is 9.59 Å². The van der Waals surface area contributed by atoms with E-state index in [1.807, 2.05) is 6.07 Å². The molecule has 0 fully saturated rings. The third-order valence-corrected chi connectivity index (χ3v) is 3.95. The van der Waals surface area contributed by atoms with Gasteiger partial charge in [-0.15, -0.1) is 0 Å². The molecule has 2 aromatic rings. The summed E-state index contributed by atoms with van der Waals surface area (Å²) >= 11 is 0. The largest absolute Gasteiger partial charge is 0.463 e. The second-order valence-electron chi connectivity index (χ2n) is 5.91. The maximum absolute atomic E-state index is 12.3. The number of nitrogens with one attached hydrogen (secondary N) is 1. The number of para-hydroxylation sites is 1. The SMILES string of the molecule is CCCCCCCCNC(=O)/C=C/c1coc2ccccc2c1=O. The molecule has 1 amide bonds. The van der Waals surface area contributed by atoms with Crippen LogP contribution in [-0.4, -0.2) is 12.5 Å². The molecule has 0 saturated heterocycles. The van der Waals surface area contributed by atoms with Crippen molar-refractivity contribution >= 4 is 23.0 Å². The molecule has 1 N–H and O–H groups in total. The molecule has 24 heavy (non-hydrogen) atoms. The van der Waals surface area contributed by atoms with Crippen molar-refractivity contribution in [2.24, 2.45) is 0 Å². The average molecular weight is 327 g/mol. The molecule has 4 heteroatoms. The quantitative estimate of drug-likeness (QED) is 0.552. The summed E-state index contributed by atoms with van der Waals surface area (Å²) in [7, 11) is 0. The highest BCUT2D eigenvalue weighted by molar-refractivity contribution is 5.92. The van der Waals surface area contributed by atoms with Gasteiger partial charge in [0.15, 0.2) is 5.43 Å². The number of rotatable bonds is 9. The van der Waals surface area contributed by atoms with Crippen molar-refractivity contribution in [1.82, 2.24) is 5.32 Å². The van der Waals surface area contributed by atoms with Crippen LogP contribution >= 0.6 is 0 Å². The molecule has 0 aliphatic carbocycles. The Morgan fingerprint density at radius 2 is 1.88 bits per heavy atom. The zero-order chi connectivity index (χ0) is 17.2. The minimum absolute atomic E-state index is 0.128. The molecule has 0 aliphatic heterocycles. The predicted octanol–water partition coefficient (Wildman–Crippen LogP) is 4.28. The van der Waals surface area contributed by atoms with Crippen LogP contribution in [0.5, 0.6) is 0 Å². The maximum Gasteiger partial charge on any atom is 0.244 e. The molecule has 128 valence electrons. The summed E-state index contributed by atoms with van der Waals surface area (Å²) in [5, 5.41) is 3.36. The smallest absolute Gasteiger partial charge is 0.244 e. The number of carbonyl (C=O) groups is 1. The van der Waals surface area contributed by atoms with E-state index >= 15 is 0 Å². The Morgan fingerprint density at radius 1 is 1.12 bits per heavy atom. The monoisotopic (exact) mass is 327 g/mol. The Hall–Kier alpha value is -2.36. The van der Waals surface area contributed by atoms with E-state index in [2.05, 4.69) is 12.2 Å². The number of fused-ring (bicyclic) bond motifs is 1. The highest BCUT2D eigenvalue weighted by Gasteiger charge is 2.04. The maximum atomic E-state index is 12.3. The van der Waals surface area contributed by atoms with Crippen molar-refractivity contribution in [3.63, 3.8) is 0 Å². The number of benzene rings is 1. The van der Waals surface area contributed by atoms with Crippen molar-refractivity contribution in [3.05, 3.63) is 52.4 Å². The highest BCUT2D eigenvalue weighted by Crippen LogP contribution is 2.11. The van der Waals surface area contributed by atoms with Gasteiger partial charge in [-0.25, -0.2) is 0 Å². The molecule has 0 radical (unpaired) electrons. The summed E-state index contributed by atoms with van der Waals surface area (Å²) in [5.74, 6) is -0.184. The first-order chi connectivity index (χ1) is 11.7. The van der Waals surface area contributed by atoms with Crippen LogP contribution in [0.4, 0.5) is 0 Å². The standard InChI is InChI=1S/C20H25NO3/c1-2-3-4-5-6-9-14-21-19(22)13-12-16-15-24-18-11-8-7-10-17(18)20(16)23/h7-8,10-13,15H,2-6,9,14H2,1H3,(H,21,22)/b13-12+. The third-order valence-electron chi connectivity index (χ3n) is 3.95. The summed E-state index contributed by atoms with van der Waals surface area (Å²) in [4.78, 5) is 24.1. The molecule has 0 unspecified atom stereocenters. The molecule has 1 aromatic carbocycles. The number of amides is 1. The molecule has 0 bridgehead atoms. The molecule has 0 saturated carbocycles. The molecule has 4 nitrogen and oxygen atoms in total. The summed E-state index contributed by atoms with van der Waals surface area (Å²) in [6.45, 7) is 2.87. The molecule has 0 spiro atoms. The lowest BCUT2D eigenvalue weighted by molar-refractivity contribution is -0.116. The molecule has 1 heterocycles. The van der Waals surface area contributed by atoms with E-state index in [4.69, 9.17) is 4.42 Å². The molecule has 1 aromatic heterocycles. The molecule has 2 rings (SSSR count). The Kier molecular flexibility index (Phi) is 7.27. The van der Waals surface area contributed by atoms with Crippen LogP contribution in [0.3, 0.4) is 0 Å². The highest BCUT2D eigenvalue weighted by atomic mass is 16.3. The van der Waals surface area contributed by atoms with Crippen LogP contribution in [0.25, 0.3) is 17.0 Å². The van der Waals surface area contributed by atoms with Crippen molar-refractivity contribution in [1.29, 1.82) is 0 Å². The van der Waals surface area contributed by atoms with E-state index in [1.54, 1.807) is 18.2 Å². The molecule has 0 aliphatic rings. The third kappa shape index (κ3) is 5.37. The van der Waals surface area contributed by atoms with Crippen LogP contribution in [0, 0.1) is 0 Å². The van der Waals surface area contributed by atoms with E-state index in [0.717, 1.165) is 12.8 Å². The minimum Gasteiger partial charge on any atom is -0.463 e. The number of carbonyl (C=O) groups excluding carboxylic acids is 1. The first-order valence-corrected chi connectivity index (χ1v) is 8.69. The molecule has 0 atom stereocenters. The van der Waals surface area contributed by atoms with Gasteiger partial charge in [0.1, 0.15) is 11.8 Å². The summed E-state index contributed by atoms with van der Waals surface area (Å²) in [5.41, 5.74) is 0.799.